The van der Waals surface area contributed by atoms with Crippen LogP contribution < -0.4 is 10.1 Å². The van der Waals surface area contributed by atoms with E-state index in [1.54, 1.807) is 24.4 Å². The highest BCUT2D eigenvalue weighted by Crippen LogP contribution is 2.31. The zero-order valence-corrected chi connectivity index (χ0v) is 18.6. The van der Waals surface area contributed by atoms with E-state index in [-0.39, 0.29) is 0 Å². The Bertz CT molecular complexity index is 1160. The summed E-state index contributed by atoms with van der Waals surface area (Å²) >= 11 is 3.87. The third-order valence-corrected chi connectivity index (χ3v) is 6.40. The number of anilines is 2. The number of halogens is 1. The van der Waals surface area contributed by atoms with E-state index in [2.05, 4.69) is 42.9 Å². The Morgan fingerprint density at radius 3 is 2.75 bits per heavy atom. The highest BCUT2D eigenvalue weighted by atomic mass is 127. The summed E-state index contributed by atoms with van der Waals surface area (Å²) in [5, 5.41) is 4.32. The molecule has 0 unspecified atom stereocenters. The number of imidazole rings is 1. The van der Waals surface area contributed by atoms with Crippen LogP contribution >= 0.6 is 34.4 Å². The minimum atomic E-state index is 0.768. The minimum absolute atomic E-state index is 0.768. The van der Waals surface area contributed by atoms with Gasteiger partial charge in [0.05, 0.1) is 20.9 Å². The Balaban J connectivity index is 1.55. The van der Waals surface area contributed by atoms with Crippen molar-refractivity contribution in [1.82, 2.24) is 19.5 Å². The van der Waals surface area contributed by atoms with Gasteiger partial charge in [-0.05, 0) is 71.7 Å². The molecule has 2 aromatic heterocycles. The Labute approximate surface area is 180 Å². The van der Waals surface area contributed by atoms with Crippen LogP contribution in [0.15, 0.2) is 54.1 Å². The van der Waals surface area contributed by atoms with Gasteiger partial charge in [-0.3, -0.25) is 0 Å². The van der Waals surface area contributed by atoms with Gasteiger partial charge < -0.3 is 14.6 Å². The first-order chi connectivity index (χ1) is 13.5. The van der Waals surface area contributed by atoms with Crippen molar-refractivity contribution in [1.29, 1.82) is 0 Å². The Hall–Kier alpha value is -2.33. The summed E-state index contributed by atoms with van der Waals surface area (Å²) in [4.78, 5) is 13.0. The molecule has 4 rings (SSSR count). The molecule has 142 valence electrons. The molecule has 0 saturated carbocycles. The third kappa shape index (κ3) is 3.79. The highest BCUT2D eigenvalue weighted by molar-refractivity contribution is 14.1. The van der Waals surface area contributed by atoms with E-state index in [0.29, 0.717) is 0 Å². The van der Waals surface area contributed by atoms with Crippen LogP contribution in [0.4, 0.5) is 11.5 Å². The lowest BCUT2D eigenvalue weighted by molar-refractivity contribution is 0.479. The van der Waals surface area contributed by atoms with Crippen molar-refractivity contribution < 1.29 is 4.74 Å². The van der Waals surface area contributed by atoms with E-state index in [9.17, 15) is 0 Å². The lowest BCUT2D eigenvalue weighted by atomic mass is 10.2. The molecule has 0 spiro atoms. The molecule has 0 atom stereocenters. The fourth-order valence-electron chi connectivity index (χ4n) is 2.87. The van der Waals surface area contributed by atoms with Gasteiger partial charge in [-0.15, -0.1) is 11.8 Å². The van der Waals surface area contributed by atoms with Crippen molar-refractivity contribution in [2.45, 2.75) is 11.9 Å². The molecule has 0 saturated heterocycles. The normalized spacial score (nSPS) is 11.0. The van der Waals surface area contributed by atoms with Gasteiger partial charge in [0.2, 0.25) is 0 Å². The maximum absolute atomic E-state index is 6.08. The summed E-state index contributed by atoms with van der Waals surface area (Å²) in [6.07, 6.45) is 5.39. The number of thioether (sulfide) groups is 1. The summed E-state index contributed by atoms with van der Waals surface area (Å²) in [5.41, 5.74) is 3.97. The van der Waals surface area contributed by atoms with E-state index < -0.39 is 0 Å². The molecule has 0 aliphatic carbocycles. The minimum Gasteiger partial charge on any atom is -0.457 e. The molecule has 0 bridgehead atoms. The lowest BCUT2D eigenvalue weighted by Crippen LogP contribution is -2.00. The molecule has 0 radical (unpaired) electrons. The molecular formula is C20H18IN5OS. The number of fused-ring (bicyclic) bond motifs is 1. The van der Waals surface area contributed by atoms with Crippen molar-refractivity contribution in [2.24, 2.45) is 7.05 Å². The molecule has 1 N–H and O–H groups in total. The number of aryl methyl sites for hydroxylation is 2. The molecule has 8 heteroatoms. The summed E-state index contributed by atoms with van der Waals surface area (Å²) in [7, 11) is 1.98. The molecule has 0 aliphatic rings. The molecule has 2 heterocycles. The van der Waals surface area contributed by atoms with Crippen LogP contribution in [0.25, 0.3) is 11.0 Å². The second-order valence-electron chi connectivity index (χ2n) is 6.26. The molecule has 0 fully saturated rings. The summed E-state index contributed by atoms with van der Waals surface area (Å²) in [6.45, 7) is 2.03. The predicted octanol–water partition coefficient (Wildman–Crippen LogP) is 5.53. The van der Waals surface area contributed by atoms with E-state index in [1.165, 1.54) is 0 Å². The number of nitrogens with zero attached hydrogens (tertiary/aromatic N) is 4. The van der Waals surface area contributed by atoms with Gasteiger partial charge in [0.25, 0.3) is 0 Å². The number of rotatable bonds is 5. The van der Waals surface area contributed by atoms with Crippen molar-refractivity contribution in [2.75, 3.05) is 11.6 Å². The summed E-state index contributed by atoms with van der Waals surface area (Å²) < 4.78 is 9.08. The lowest BCUT2D eigenvalue weighted by Gasteiger charge is -2.13. The maximum atomic E-state index is 6.08. The summed E-state index contributed by atoms with van der Waals surface area (Å²) in [5.74, 6) is 2.38. The van der Waals surface area contributed by atoms with Gasteiger partial charge in [-0.25, -0.2) is 15.0 Å². The van der Waals surface area contributed by atoms with Gasteiger partial charge in [0.1, 0.15) is 28.7 Å². The number of ether oxygens (including phenoxy) is 1. The van der Waals surface area contributed by atoms with Gasteiger partial charge in [0.15, 0.2) is 0 Å². The number of nitrogens with one attached hydrogen (secondary N) is 1. The van der Waals surface area contributed by atoms with Crippen molar-refractivity contribution >= 4 is 56.9 Å². The van der Waals surface area contributed by atoms with E-state index in [1.807, 2.05) is 61.2 Å². The average Bonchev–Trinajstić information content (AvgIpc) is 3.06. The smallest absolute Gasteiger partial charge is 0.148 e. The number of hydrogen-bond acceptors (Lipinski definition) is 6. The Morgan fingerprint density at radius 2 is 1.96 bits per heavy atom. The fourth-order valence-corrected chi connectivity index (χ4v) is 4.37. The first-order valence-electron chi connectivity index (χ1n) is 8.56. The molecule has 2 aromatic carbocycles. The van der Waals surface area contributed by atoms with Gasteiger partial charge in [-0.2, -0.15) is 0 Å². The largest absolute Gasteiger partial charge is 0.457 e. The van der Waals surface area contributed by atoms with Crippen LogP contribution in [0.5, 0.6) is 11.5 Å². The zero-order chi connectivity index (χ0) is 19.7. The molecule has 0 amide bonds. The van der Waals surface area contributed by atoms with E-state index in [0.717, 1.165) is 48.2 Å². The van der Waals surface area contributed by atoms with Crippen molar-refractivity contribution in [3.63, 3.8) is 0 Å². The van der Waals surface area contributed by atoms with Gasteiger partial charge in [-0.1, -0.05) is 0 Å². The van der Waals surface area contributed by atoms with E-state index in [4.69, 9.17) is 4.74 Å². The first-order valence-corrected chi connectivity index (χ1v) is 10.9. The predicted molar refractivity (Wildman–Crippen MR) is 122 cm³/mol. The standard InChI is InChI=1S/C20H18IN5OS/c1-12-8-13(25-19-18(21)20(28-3)23-10-22-19)4-7-17(12)27-14-5-6-16-15(9-14)24-11-26(16)2/h4-11H,1-3H3,(H,22,23,25). The van der Waals surface area contributed by atoms with Crippen LogP contribution in [-0.4, -0.2) is 25.8 Å². The zero-order valence-electron chi connectivity index (χ0n) is 15.6. The first kappa shape index (κ1) is 19.0. The Kier molecular flexibility index (Phi) is 5.40. The second-order valence-corrected chi connectivity index (χ2v) is 8.13. The molecular weight excluding hydrogens is 485 g/mol. The van der Waals surface area contributed by atoms with Gasteiger partial charge in [0, 0.05) is 18.8 Å². The molecule has 4 aromatic rings. The van der Waals surface area contributed by atoms with Crippen LogP contribution in [0.1, 0.15) is 5.56 Å². The maximum Gasteiger partial charge on any atom is 0.148 e. The van der Waals surface area contributed by atoms with Crippen LogP contribution in [0, 0.1) is 10.5 Å². The monoisotopic (exact) mass is 503 g/mol. The van der Waals surface area contributed by atoms with Crippen LogP contribution in [0.2, 0.25) is 0 Å². The molecule has 0 aliphatic heterocycles. The SMILES string of the molecule is CSc1ncnc(Nc2ccc(Oc3ccc4c(c3)ncn4C)c(C)c2)c1I. The van der Waals surface area contributed by atoms with Crippen LogP contribution in [0.3, 0.4) is 0 Å². The number of benzene rings is 2. The quantitative estimate of drug-likeness (QED) is 0.219. The second kappa shape index (κ2) is 7.96. The van der Waals surface area contributed by atoms with Crippen molar-refractivity contribution in [3.8, 4) is 11.5 Å². The topological polar surface area (TPSA) is 64.9 Å². The number of hydrogen-bond donors (Lipinski definition) is 1. The van der Waals surface area contributed by atoms with Crippen LogP contribution in [-0.2, 0) is 7.05 Å². The third-order valence-electron chi connectivity index (χ3n) is 4.31. The van der Waals surface area contributed by atoms with Crippen molar-refractivity contribution in [3.05, 3.63) is 58.2 Å². The van der Waals surface area contributed by atoms with E-state index >= 15 is 0 Å². The molecule has 28 heavy (non-hydrogen) atoms. The molecule has 6 nitrogen and oxygen atoms in total. The highest BCUT2D eigenvalue weighted by Gasteiger charge is 2.10. The average molecular weight is 503 g/mol. The van der Waals surface area contributed by atoms with Gasteiger partial charge >= 0.3 is 0 Å². The number of aromatic nitrogens is 4. The fraction of sp³-hybridized carbons (Fsp3) is 0.150. The Morgan fingerprint density at radius 1 is 1.11 bits per heavy atom. The summed E-state index contributed by atoms with van der Waals surface area (Å²) in [6, 6.07) is 11.9.